The van der Waals surface area contributed by atoms with Gasteiger partial charge in [0, 0.05) is 32.2 Å². The lowest BCUT2D eigenvalue weighted by atomic mass is 10.3. The van der Waals surface area contributed by atoms with Crippen molar-refractivity contribution in [2.45, 2.75) is 19.3 Å². The van der Waals surface area contributed by atoms with Crippen molar-refractivity contribution in [2.75, 3.05) is 31.6 Å². The highest BCUT2D eigenvalue weighted by atomic mass is 32.1. The summed E-state index contributed by atoms with van der Waals surface area (Å²) in [6.45, 7) is 1.12. The van der Waals surface area contributed by atoms with Gasteiger partial charge in [0.1, 0.15) is 0 Å². The van der Waals surface area contributed by atoms with Crippen LogP contribution in [0.3, 0.4) is 0 Å². The smallest absolute Gasteiger partial charge is 0.306 e. The Bertz CT molecular complexity index is 910. The van der Waals surface area contributed by atoms with Crippen LogP contribution in [0.2, 0.25) is 0 Å². The summed E-state index contributed by atoms with van der Waals surface area (Å²) in [5.41, 5.74) is 2.08. The number of hydrogen-bond acceptors (Lipinski definition) is 6. The first-order valence-electron chi connectivity index (χ1n) is 9.65. The van der Waals surface area contributed by atoms with Crippen molar-refractivity contribution in [2.24, 2.45) is 0 Å². The number of thiazole rings is 1. The molecule has 0 fully saturated rings. The van der Waals surface area contributed by atoms with E-state index in [-0.39, 0.29) is 24.9 Å². The van der Waals surface area contributed by atoms with E-state index in [1.807, 2.05) is 61.6 Å². The predicted octanol–water partition coefficient (Wildman–Crippen LogP) is 3.41. The summed E-state index contributed by atoms with van der Waals surface area (Å²) in [5, 5.41) is 3.68. The van der Waals surface area contributed by atoms with Gasteiger partial charge in [0.15, 0.2) is 6.61 Å². The number of ether oxygens (including phenoxy) is 1. The summed E-state index contributed by atoms with van der Waals surface area (Å²) < 4.78 is 6.17. The molecule has 2 aromatic carbocycles. The molecule has 0 aliphatic heterocycles. The number of nitrogens with one attached hydrogen (secondary N) is 1. The van der Waals surface area contributed by atoms with Crippen LogP contribution in [0, 0.1) is 0 Å². The number of para-hydroxylation sites is 2. The average molecular weight is 412 g/mol. The summed E-state index contributed by atoms with van der Waals surface area (Å²) >= 11 is 1.58. The summed E-state index contributed by atoms with van der Waals surface area (Å²) in [5.74, 6) is -0.663. The van der Waals surface area contributed by atoms with E-state index in [9.17, 15) is 9.59 Å². The van der Waals surface area contributed by atoms with Gasteiger partial charge in [0.2, 0.25) is 0 Å². The van der Waals surface area contributed by atoms with Gasteiger partial charge in [-0.3, -0.25) is 9.59 Å². The Hall–Kier alpha value is -2.93. The molecular formula is C22H25N3O3S. The van der Waals surface area contributed by atoms with Gasteiger partial charge in [-0.1, -0.05) is 30.3 Å². The summed E-state index contributed by atoms with van der Waals surface area (Å²) in [7, 11) is 2.02. The van der Waals surface area contributed by atoms with Gasteiger partial charge in [-0.2, -0.15) is 0 Å². The molecule has 0 atom stereocenters. The number of hydrogen-bond donors (Lipinski definition) is 1. The Morgan fingerprint density at radius 1 is 1.10 bits per heavy atom. The molecule has 0 aliphatic rings. The lowest BCUT2D eigenvalue weighted by molar-refractivity contribution is -0.148. The van der Waals surface area contributed by atoms with Crippen LogP contribution in [0.25, 0.3) is 10.2 Å². The van der Waals surface area contributed by atoms with Gasteiger partial charge in [0.05, 0.1) is 21.6 Å². The van der Waals surface area contributed by atoms with E-state index in [1.165, 1.54) is 0 Å². The van der Waals surface area contributed by atoms with Crippen molar-refractivity contribution < 1.29 is 14.3 Å². The number of nitrogens with zero attached hydrogens (tertiary/aromatic N) is 2. The van der Waals surface area contributed by atoms with Gasteiger partial charge in [-0.25, -0.2) is 4.98 Å². The first kappa shape index (κ1) is 20.8. The second kappa shape index (κ2) is 10.6. The van der Waals surface area contributed by atoms with Crippen molar-refractivity contribution in [3.8, 4) is 0 Å². The highest BCUT2D eigenvalue weighted by Crippen LogP contribution is 2.22. The van der Waals surface area contributed by atoms with E-state index in [2.05, 4.69) is 15.2 Å². The Morgan fingerprint density at radius 2 is 1.86 bits per heavy atom. The maximum atomic E-state index is 11.9. The molecule has 0 saturated carbocycles. The lowest BCUT2D eigenvalue weighted by Crippen LogP contribution is -2.31. The highest BCUT2D eigenvalue weighted by molar-refractivity contribution is 7.18. The fourth-order valence-electron chi connectivity index (χ4n) is 2.86. The number of aryl methyl sites for hydroxylation is 1. The summed E-state index contributed by atoms with van der Waals surface area (Å²) in [6.07, 6.45) is 1.54. The number of rotatable bonds is 10. The van der Waals surface area contributed by atoms with E-state index >= 15 is 0 Å². The average Bonchev–Trinajstić information content (AvgIpc) is 3.17. The molecule has 1 amide bonds. The standard InChI is InChI=1S/C22H25N3O3S/c1-25(17-8-3-2-4-9-17)15-7-14-23-20(26)16-28-22(27)13-12-21-24-18-10-5-6-11-19(18)29-21/h2-6,8-11H,7,12-16H2,1H3,(H,23,26). The molecule has 0 bridgehead atoms. The minimum absolute atomic E-state index is 0.217. The van der Waals surface area contributed by atoms with Gasteiger partial charge in [-0.15, -0.1) is 11.3 Å². The highest BCUT2D eigenvalue weighted by Gasteiger charge is 2.10. The monoisotopic (exact) mass is 411 g/mol. The molecule has 0 saturated heterocycles. The van der Waals surface area contributed by atoms with Crippen LogP contribution < -0.4 is 10.2 Å². The normalized spacial score (nSPS) is 10.7. The number of carbonyl (C=O) groups excluding carboxylic acids is 2. The molecule has 7 heteroatoms. The predicted molar refractivity (Wildman–Crippen MR) is 116 cm³/mol. The maximum Gasteiger partial charge on any atom is 0.306 e. The molecule has 1 heterocycles. The molecule has 1 aromatic heterocycles. The van der Waals surface area contributed by atoms with Crippen molar-refractivity contribution in [3.05, 3.63) is 59.6 Å². The van der Waals surface area contributed by atoms with Crippen LogP contribution in [-0.4, -0.2) is 43.6 Å². The molecule has 3 rings (SSSR count). The van der Waals surface area contributed by atoms with Gasteiger partial charge >= 0.3 is 5.97 Å². The Morgan fingerprint density at radius 3 is 2.66 bits per heavy atom. The number of amides is 1. The van der Waals surface area contributed by atoms with E-state index < -0.39 is 0 Å². The van der Waals surface area contributed by atoms with E-state index in [1.54, 1.807) is 11.3 Å². The SMILES string of the molecule is CN(CCCNC(=O)COC(=O)CCc1nc2ccccc2s1)c1ccccc1. The van der Waals surface area contributed by atoms with Crippen molar-refractivity contribution >= 4 is 39.1 Å². The third-order valence-electron chi connectivity index (χ3n) is 4.43. The van der Waals surface area contributed by atoms with Crippen molar-refractivity contribution in [3.63, 3.8) is 0 Å². The topological polar surface area (TPSA) is 71.5 Å². The zero-order chi connectivity index (χ0) is 20.5. The number of fused-ring (bicyclic) bond motifs is 1. The maximum absolute atomic E-state index is 11.9. The fourth-order valence-corrected chi connectivity index (χ4v) is 3.83. The zero-order valence-electron chi connectivity index (χ0n) is 16.5. The Balaban J connectivity index is 1.28. The first-order chi connectivity index (χ1) is 14.1. The Labute approximate surface area is 174 Å². The lowest BCUT2D eigenvalue weighted by Gasteiger charge is -2.19. The number of carbonyl (C=O) groups is 2. The molecule has 3 aromatic rings. The minimum atomic E-state index is -0.386. The van der Waals surface area contributed by atoms with Crippen LogP contribution in [0.1, 0.15) is 17.8 Å². The number of anilines is 1. The van der Waals surface area contributed by atoms with Gasteiger partial charge in [0.25, 0.3) is 5.91 Å². The first-order valence-corrected chi connectivity index (χ1v) is 10.5. The third-order valence-corrected chi connectivity index (χ3v) is 5.53. The van der Waals surface area contributed by atoms with E-state index in [0.717, 1.165) is 33.9 Å². The molecule has 0 aliphatic carbocycles. The third kappa shape index (κ3) is 6.57. The number of esters is 1. The van der Waals surface area contributed by atoms with Crippen LogP contribution in [-0.2, 0) is 20.7 Å². The van der Waals surface area contributed by atoms with Crippen LogP contribution in [0.15, 0.2) is 54.6 Å². The summed E-state index contributed by atoms with van der Waals surface area (Å²) in [6, 6.07) is 18.0. The molecule has 29 heavy (non-hydrogen) atoms. The minimum Gasteiger partial charge on any atom is -0.456 e. The van der Waals surface area contributed by atoms with Crippen LogP contribution in [0.4, 0.5) is 5.69 Å². The second-order valence-corrected chi connectivity index (χ2v) is 7.81. The van der Waals surface area contributed by atoms with E-state index in [4.69, 9.17) is 4.74 Å². The molecular weight excluding hydrogens is 386 g/mol. The molecule has 152 valence electrons. The quantitative estimate of drug-likeness (QED) is 0.409. The van der Waals surface area contributed by atoms with Gasteiger partial charge < -0.3 is 15.0 Å². The largest absolute Gasteiger partial charge is 0.456 e. The molecule has 6 nitrogen and oxygen atoms in total. The fraction of sp³-hybridized carbons (Fsp3) is 0.318. The second-order valence-electron chi connectivity index (χ2n) is 6.70. The van der Waals surface area contributed by atoms with Crippen LogP contribution >= 0.6 is 11.3 Å². The molecule has 0 unspecified atom stereocenters. The number of aromatic nitrogens is 1. The van der Waals surface area contributed by atoms with Crippen molar-refractivity contribution in [1.82, 2.24) is 10.3 Å². The van der Waals surface area contributed by atoms with E-state index in [0.29, 0.717) is 13.0 Å². The number of benzene rings is 2. The molecule has 0 spiro atoms. The molecule has 1 N–H and O–H groups in total. The summed E-state index contributed by atoms with van der Waals surface area (Å²) in [4.78, 5) is 30.3. The van der Waals surface area contributed by atoms with Crippen molar-refractivity contribution in [1.29, 1.82) is 0 Å². The van der Waals surface area contributed by atoms with Crippen LogP contribution in [0.5, 0.6) is 0 Å². The zero-order valence-corrected chi connectivity index (χ0v) is 17.3. The Kier molecular flexibility index (Phi) is 7.58. The molecule has 0 radical (unpaired) electrons. The van der Waals surface area contributed by atoms with Gasteiger partial charge in [-0.05, 0) is 30.7 Å².